The molecule has 1 fully saturated rings. The van der Waals surface area contributed by atoms with E-state index < -0.39 is 6.10 Å². The number of carbonyl (C=O) groups is 1. The van der Waals surface area contributed by atoms with Crippen LogP contribution in [0.5, 0.6) is 0 Å². The molecule has 2 heterocycles. The molecule has 0 unspecified atom stereocenters. The van der Waals surface area contributed by atoms with Crippen molar-refractivity contribution >= 4 is 5.91 Å². The van der Waals surface area contributed by atoms with Crippen LogP contribution in [0.2, 0.25) is 0 Å². The zero-order chi connectivity index (χ0) is 11.3. The molecule has 2 aliphatic rings. The van der Waals surface area contributed by atoms with Crippen LogP contribution in [0, 0.1) is 0 Å². The Balaban J connectivity index is 2.15. The molecule has 84 valence electrons. The second kappa shape index (κ2) is 3.32. The Morgan fingerprint density at radius 3 is 2.75 bits per heavy atom. The van der Waals surface area contributed by atoms with Crippen LogP contribution in [0.4, 0.5) is 0 Å². The van der Waals surface area contributed by atoms with E-state index in [1.807, 2.05) is 36.1 Å². The summed E-state index contributed by atoms with van der Waals surface area (Å²) in [6.45, 7) is 1.93. The van der Waals surface area contributed by atoms with Gasteiger partial charge >= 0.3 is 0 Å². The lowest BCUT2D eigenvalue weighted by molar-refractivity contribution is -0.134. The van der Waals surface area contributed by atoms with Gasteiger partial charge in [0, 0.05) is 6.42 Å². The first kappa shape index (κ1) is 9.85. The van der Waals surface area contributed by atoms with Gasteiger partial charge in [-0.1, -0.05) is 24.3 Å². The largest absolute Gasteiger partial charge is 0.386 e. The lowest BCUT2D eigenvalue weighted by atomic mass is 9.87. The molecule has 0 aromatic heterocycles. The molecule has 0 bridgehead atoms. The summed E-state index contributed by atoms with van der Waals surface area (Å²) in [4.78, 5) is 13.6. The maximum atomic E-state index is 11.8. The monoisotopic (exact) mass is 217 g/mol. The van der Waals surface area contributed by atoms with Crippen LogP contribution in [0.3, 0.4) is 0 Å². The normalized spacial score (nSPS) is 32.5. The number of aliphatic hydroxyl groups excluding tert-OH is 1. The summed E-state index contributed by atoms with van der Waals surface area (Å²) in [5.74, 6) is 0.172. The maximum Gasteiger partial charge on any atom is 0.223 e. The molecule has 1 N–H and O–H groups in total. The smallest absolute Gasteiger partial charge is 0.223 e. The molecule has 0 radical (unpaired) electrons. The Labute approximate surface area is 94.7 Å². The highest BCUT2D eigenvalue weighted by Gasteiger charge is 2.43. The number of fused-ring (bicyclic) bond motifs is 3. The summed E-state index contributed by atoms with van der Waals surface area (Å²) in [6.07, 6.45) is 0.942. The summed E-state index contributed by atoms with van der Waals surface area (Å²) >= 11 is 0. The molecular formula is C13H15NO2. The summed E-state index contributed by atoms with van der Waals surface area (Å²) in [5.41, 5.74) is 2.12. The van der Waals surface area contributed by atoms with E-state index in [9.17, 15) is 9.90 Å². The lowest BCUT2D eigenvalue weighted by Crippen LogP contribution is -2.43. The molecule has 0 spiro atoms. The molecule has 1 aromatic rings. The van der Waals surface area contributed by atoms with Crippen molar-refractivity contribution in [2.75, 3.05) is 0 Å². The van der Waals surface area contributed by atoms with Crippen LogP contribution in [0.25, 0.3) is 0 Å². The predicted octanol–water partition coefficient (Wildman–Crippen LogP) is 1.79. The lowest BCUT2D eigenvalue weighted by Gasteiger charge is -2.40. The second-order valence-electron chi connectivity index (χ2n) is 4.67. The fraction of sp³-hybridized carbons (Fsp3) is 0.462. The van der Waals surface area contributed by atoms with Gasteiger partial charge in [0.25, 0.3) is 0 Å². The molecule has 2 aliphatic heterocycles. The number of amides is 1. The van der Waals surface area contributed by atoms with E-state index in [0.29, 0.717) is 6.42 Å². The topological polar surface area (TPSA) is 40.5 Å². The van der Waals surface area contributed by atoms with Crippen LogP contribution in [0.15, 0.2) is 24.3 Å². The first-order chi connectivity index (χ1) is 7.70. The minimum absolute atomic E-state index is 0.102. The first-order valence-corrected chi connectivity index (χ1v) is 5.78. The van der Waals surface area contributed by atoms with Crippen LogP contribution in [0.1, 0.15) is 43.0 Å². The molecule has 3 atom stereocenters. The van der Waals surface area contributed by atoms with E-state index in [0.717, 1.165) is 17.5 Å². The van der Waals surface area contributed by atoms with Gasteiger partial charge in [0.05, 0.1) is 18.2 Å². The molecule has 16 heavy (non-hydrogen) atoms. The second-order valence-corrected chi connectivity index (χ2v) is 4.67. The van der Waals surface area contributed by atoms with Crippen molar-refractivity contribution in [3.63, 3.8) is 0 Å². The molecule has 1 amide bonds. The number of aliphatic hydroxyl groups is 1. The third-order valence-electron chi connectivity index (χ3n) is 3.82. The van der Waals surface area contributed by atoms with Gasteiger partial charge in [-0.25, -0.2) is 0 Å². The van der Waals surface area contributed by atoms with Crippen molar-refractivity contribution < 1.29 is 9.90 Å². The number of carbonyl (C=O) groups excluding carboxylic acids is 1. The molecule has 3 rings (SSSR count). The van der Waals surface area contributed by atoms with Crippen molar-refractivity contribution in [1.29, 1.82) is 0 Å². The molecule has 0 aliphatic carbocycles. The Hall–Kier alpha value is -1.35. The molecule has 3 nitrogen and oxygen atoms in total. The molecule has 0 saturated carbocycles. The standard InChI is InChI=1S/C13H15NO2/c1-8-13(16)10-5-3-2-4-9(10)11-6-7-12(15)14(8)11/h2-5,8,11,13,16H,6-7H2,1H3/t8-,11-,13-/m1/s1. The number of benzene rings is 1. The van der Waals surface area contributed by atoms with Crippen LogP contribution in [-0.2, 0) is 4.79 Å². The summed E-state index contributed by atoms with van der Waals surface area (Å²) in [7, 11) is 0. The third-order valence-corrected chi connectivity index (χ3v) is 3.82. The number of nitrogens with zero attached hydrogens (tertiary/aromatic N) is 1. The Kier molecular flexibility index (Phi) is 2.04. The average molecular weight is 217 g/mol. The van der Waals surface area contributed by atoms with Crippen molar-refractivity contribution in [3.8, 4) is 0 Å². The van der Waals surface area contributed by atoms with E-state index in [1.54, 1.807) is 0 Å². The van der Waals surface area contributed by atoms with Crippen LogP contribution < -0.4 is 0 Å². The summed E-state index contributed by atoms with van der Waals surface area (Å²) in [5, 5.41) is 10.2. The van der Waals surface area contributed by atoms with E-state index in [-0.39, 0.29) is 18.0 Å². The average Bonchev–Trinajstić information content (AvgIpc) is 2.69. The van der Waals surface area contributed by atoms with Crippen molar-refractivity contribution in [2.24, 2.45) is 0 Å². The van der Waals surface area contributed by atoms with Gasteiger partial charge in [-0.2, -0.15) is 0 Å². The highest BCUT2D eigenvalue weighted by atomic mass is 16.3. The third kappa shape index (κ3) is 1.15. The Morgan fingerprint density at radius 1 is 1.31 bits per heavy atom. The van der Waals surface area contributed by atoms with E-state index in [1.165, 1.54) is 0 Å². The maximum absolute atomic E-state index is 11.8. The van der Waals surface area contributed by atoms with Crippen molar-refractivity contribution in [1.82, 2.24) is 4.90 Å². The Bertz CT molecular complexity index is 443. The van der Waals surface area contributed by atoms with Crippen LogP contribution >= 0.6 is 0 Å². The summed E-state index contributed by atoms with van der Waals surface area (Å²) in [6, 6.07) is 8.00. The number of rotatable bonds is 0. The highest BCUT2D eigenvalue weighted by molar-refractivity contribution is 5.80. The minimum Gasteiger partial charge on any atom is -0.386 e. The molecular weight excluding hydrogens is 202 g/mol. The van der Waals surface area contributed by atoms with Gasteiger partial charge in [-0.15, -0.1) is 0 Å². The van der Waals surface area contributed by atoms with Gasteiger partial charge in [0.1, 0.15) is 0 Å². The van der Waals surface area contributed by atoms with E-state index in [2.05, 4.69) is 0 Å². The van der Waals surface area contributed by atoms with Crippen molar-refractivity contribution in [3.05, 3.63) is 35.4 Å². The number of hydrogen-bond donors (Lipinski definition) is 1. The van der Waals surface area contributed by atoms with Crippen molar-refractivity contribution in [2.45, 2.75) is 38.0 Å². The quantitative estimate of drug-likeness (QED) is 0.719. The van der Waals surface area contributed by atoms with Gasteiger partial charge in [0.2, 0.25) is 5.91 Å². The van der Waals surface area contributed by atoms with E-state index in [4.69, 9.17) is 0 Å². The highest BCUT2D eigenvalue weighted by Crippen LogP contribution is 2.44. The Morgan fingerprint density at radius 2 is 2.00 bits per heavy atom. The summed E-state index contributed by atoms with van der Waals surface area (Å²) < 4.78 is 0. The molecule has 1 aromatic carbocycles. The predicted molar refractivity (Wildman–Crippen MR) is 59.7 cm³/mol. The van der Waals surface area contributed by atoms with E-state index >= 15 is 0 Å². The first-order valence-electron chi connectivity index (χ1n) is 5.78. The fourth-order valence-electron chi connectivity index (χ4n) is 3.01. The zero-order valence-corrected chi connectivity index (χ0v) is 9.26. The zero-order valence-electron chi connectivity index (χ0n) is 9.26. The fourth-order valence-corrected chi connectivity index (χ4v) is 3.01. The van der Waals surface area contributed by atoms with Gasteiger partial charge in [0.15, 0.2) is 0 Å². The van der Waals surface area contributed by atoms with Crippen LogP contribution in [-0.4, -0.2) is 22.0 Å². The number of hydrogen-bond acceptors (Lipinski definition) is 2. The molecule has 1 saturated heterocycles. The van der Waals surface area contributed by atoms with Gasteiger partial charge in [-0.05, 0) is 24.5 Å². The van der Waals surface area contributed by atoms with Gasteiger partial charge < -0.3 is 10.0 Å². The van der Waals surface area contributed by atoms with Gasteiger partial charge in [-0.3, -0.25) is 4.79 Å². The minimum atomic E-state index is -0.547. The SMILES string of the molecule is C[C@@H]1[C@@H](O)c2ccccc2[C@H]2CCC(=O)N21. The molecule has 3 heteroatoms.